The van der Waals surface area contributed by atoms with Gasteiger partial charge >= 0.3 is 0 Å². The second kappa shape index (κ2) is 4.98. The standard InChI is InChI=1S/C14H22N2/c1-10-4-5-11(2)13(8-10)14(15-3)12-6-7-16-9-12/h4-5,8,12,14-16H,6-7,9H2,1-3H3. The van der Waals surface area contributed by atoms with Gasteiger partial charge in [-0.3, -0.25) is 0 Å². The van der Waals surface area contributed by atoms with Crippen LogP contribution in [0.4, 0.5) is 0 Å². The summed E-state index contributed by atoms with van der Waals surface area (Å²) >= 11 is 0. The number of benzene rings is 1. The monoisotopic (exact) mass is 218 g/mol. The fourth-order valence-electron chi connectivity index (χ4n) is 2.70. The first-order valence-corrected chi connectivity index (χ1v) is 6.17. The van der Waals surface area contributed by atoms with Crippen molar-refractivity contribution in [2.75, 3.05) is 20.1 Å². The van der Waals surface area contributed by atoms with Crippen LogP contribution < -0.4 is 10.6 Å². The Balaban J connectivity index is 2.28. The Bertz CT molecular complexity index is 354. The molecule has 2 nitrogen and oxygen atoms in total. The summed E-state index contributed by atoms with van der Waals surface area (Å²) in [6, 6.07) is 7.25. The molecule has 1 aromatic carbocycles. The van der Waals surface area contributed by atoms with Gasteiger partial charge in [0.05, 0.1) is 0 Å². The Labute approximate surface area is 98.4 Å². The van der Waals surface area contributed by atoms with Gasteiger partial charge < -0.3 is 10.6 Å². The highest BCUT2D eigenvalue weighted by atomic mass is 15.0. The maximum atomic E-state index is 3.49. The lowest BCUT2D eigenvalue weighted by atomic mass is 9.89. The number of aryl methyl sites for hydroxylation is 2. The van der Waals surface area contributed by atoms with Crippen LogP contribution in [0.1, 0.15) is 29.2 Å². The molecular weight excluding hydrogens is 196 g/mol. The van der Waals surface area contributed by atoms with Crippen LogP contribution in [0.5, 0.6) is 0 Å². The van der Waals surface area contributed by atoms with Crippen molar-refractivity contribution in [2.24, 2.45) is 5.92 Å². The topological polar surface area (TPSA) is 24.1 Å². The molecule has 0 amide bonds. The zero-order valence-corrected chi connectivity index (χ0v) is 10.5. The summed E-state index contributed by atoms with van der Waals surface area (Å²) in [6.07, 6.45) is 1.28. The quantitative estimate of drug-likeness (QED) is 0.812. The maximum absolute atomic E-state index is 3.49. The van der Waals surface area contributed by atoms with Gasteiger partial charge in [-0.1, -0.05) is 23.8 Å². The molecule has 1 saturated heterocycles. The van der Waals surface area contributed by atoms with Gasteiger partial charge in [-0.05, 0) is 57.5 Å². The van der Waals surface area contributed by atoms with E-state index >= 15 is 0 Å². The van der Waals surface area contributed by atoms with E-state index in [9.17, 15) is 0 Å². The molecule has 2 N–H and O–H groups in total. The average molecular weight is 218 g/mol. The average Bonchev–Trinajstić information content (AvgIpc) is 2.78. The van der Waals surface area contributed by atoms with E-state index in [0.29, 0.717) is 6.04 Å². The van der Waals surface area contributed by atoms with Gasteiger partial charge in [-0.25, -0.2) is 0 Å². The Morgan fingerprint density at radius 3 is 2.81 bits per heavy atom. The third-order valence-electron chi connectivity index (χ3n) is 3.65. The minimum Gasteiger partial charge on any atom is -0.316 e. The van der Waals surface area contributed by atoms with E-state index in [-0.39, 0.29) is 0 Å². The molecular formula is C14H22N2. The van der Waals surface area contributed by atoms with Crippen LogP contribution in [-0.2, 0) is 0 Å². The molecule has 0 bridgehead atoms. The summed E-state index contributed by atoms with van der Waals surface area (Å²) in [4.78, 5) is 0. The van der Waals surface area contributed by atoms with Crippen molar-refractivity contribution in [2.45, 2.75) is 26.3 Å². The Morgan fingerprint density at radius 2 is 2.19 bits per heavy atom. The normalized spacial score (nSPS) is 22.3. The largest absolute Gasteiger partial charge is 0.316 e. The van der Waals surface area contributed by atoms with Crippen molar-refractivity contribution in [1.29, 1.82) is 0 Å². The molecule has 2 heteroatoms. The van der Waals surface area contributed by atoms with E-state index in [4.69, 9.17) is 0 Å². The van der Waals surface area contributed by atoms with Crippen LogP contribution in [0.3, 0.4) is 0 Å². The molecule has 0 radical (unpaired) electrons. The van der Waals surface area contributed by atoms with E-state index in [1.165, 1.54) is 23.1 Å². The van der Waals surface area contributed by atoms with E-state index in [1.54, 1.807) is 0 Å². The molecule has 1 aliphatic rings. The van der Waals surface area contributed by atoms with Crippen LogP contribution in [0, 0.1) is 19.8 Å². The first-order valence-electron chi connectivity index (χ1n) is 6.17. The summed E-state index contributed by atoms with van der Waals surface area (Å²) < 4.78 is 0. The number of hydrogen-bond donors (Lipinski definition) is 2. The summed E-state index contributed by atoms with van der Waals surface area (Å²) in [5.74, 6) is 0.727. The first kappa shape index (κ1) is 11.6. The smallest absolute Gasteiger partial charge is 0.0361 e. The molecule has 2 atom stereocenters. The van der Waals surface area contributed by atoms with Crippen molar-refractivity contribution < 1.29 is 0 Å². The van der Waals surface area contributed by atoms with Crippen LogP contribution in [0.2, 0.25) is 0 Å². The predicted octanol–water partition coefficient (Wildman–Crippen LogP) is 2.17. The molecule has 1 heterocycles. The van der Waals surface area contributed by atoms with Crippen LogP contribution >= 0.6 is 0 Å². The minimum atomic E-state index is 0.495. The first-order chi connectivity index (χ1) is 7.72. The Hall–Kier alpha value is -0.860. The van der Waals surface area contributed by atoms with Crippen LogP contribution in [0.15, 0.2) is 18.2 Å². The molecule has 1 aromatic rings. The molecule has 88 valence electrons. The lowest BCUT2D eigenvalue weighted by Gasteiger charge is -2.25. The summed E-state index contributed by atoms with van der Waals surface area (Å²) in [5.41, 5.74) is 4.22. The van der Waals surface area contributed by atoms with Gasteiger partial charge in [-0.2, -0.15) is 0 Å². The zero-order chi connectivity index (χ0) is 11.5. The van der Waals surface area contributed by atoms with Crippen molar-refractivity contribution in [1.82, 2.24) is 10.6 Å². The molecule has 16 heavy (non-hydrogen) atoms. The third kappa shape index (κ3) is 2.28. The molecule has 1 fully saturated rings. The Kier molecular flexibility index (Phi) is 3.62. The van der Waals surface area contributed by atoms with Crippen molar-refractivity contribution in [3.63, 3.8) is 0 Å². The highest BCUT2D eigenvalue weighted by Crippen LogP contribution is 2.29. The molecule has 1 aliphatic heterocycles. The lowest BCUT2D eigenvalue weighted by Crippen LogP contribution is -2.27. The van der Waals surface area contributed by atoms with Gasteiger partial charge in [0.1, 0.15) is 0 Å². The van der Waals surface area contributed by atoms with E-state index in [0.717, 1.165) is 19.0 Å². The van der Waals surface area contributed by atoms with Gasteiger partial charge in [-0.15, -0.1) is 0 Å². The lowest BCUT2D eigenvalue weighted by molar-refractivity contribution is 0.409. The van der Waals surface area contributed by atoms with Crippen LogP contribution in [0.25, 0.3) is 0 Å². The fourth-order valence-corrected chi connectivity index (χ4v) is 2.70. The maximum Gasteiger partial charge on any atom is 0.0361 e. The summed E-state index contributed by atoms with van der Waals surface area (Å²) in [6.45, 7) is 6.68. The number of hydrogen-bond acceptors (Lipinski definition) is 2. The van der Waals surface area contributed by atoms with E-state index < -0.39 is 0 Å². The number of nitrogens with one attached hydrogen (secondary N) is 2. The second-order valence-corrected chi connectivity index (χ2v) is 4.88. The highest BCUT2D eigenvalue weighted by molar-refractivity contribution is 5.33. The van der Waals surface area contributed by atoms with Gasteiger partial charge in [0.15, 0.2) is 0 Å². The SMILES string of the molecule is CNC(c1cc(C)ccc1C)C1CCNC1. The molecule has 0 spiro atoms. The molecule has 0 aliphatic carbocycles. The minimum absolute atomic E-state index is 0.495. The fraction of sp³-hybridized carbons (Fsp3) is 0.571. The summed E-state index contributed by atoms with van der Waals surface area (Å²) in [7, 11) is 2.07. The molecule has 0 aromatic heterocycles. The van der Waals surface area contributed by atoms with Gasteiger partial charge in [0.2, 0.25) is 0 Å². The summed E-state index contributed by atoms with van der Waals surface area (Å²) in [5, 5.41) is 6.94. The highest BCUT2D eigenvalue weighted by Gasteiger charge is 2.25. The molecule has 0 saturated carbocycles. The van der Waals surface area contributed by atoms with E-state index in [2.05, 4.69) is 49.7 Å². The third-order valence-corrected chi connectivity index (χ3v) is 3.65. The van der Waals surface area contributed by atoms with E-state index in [1.807, 2.05) is 0 Å². The van der Waals surface area contributed by atoms with Crippen molar-refractivity contribution >= 4 is 0 Å². The number of rotatable bonds is 3. The van der Waals surface area contributed by atoms with Crippen molar-refractivity contribution in [3.05, 3.63) is 34.9 Å². The predicted molar refractivity (Wildman–Crippen MR) is 68.7 cm³/mol. The Morgan fingerprint density at radius 1 is 1.38 bits per heavy atom. The molecule has 2 unspecified atom stereocenters. The molecule has 2 rings (SSSR count). The van der Waals surface area contributed by atoms with Crippen molar-refractivity contribution in [3.8, 4) is 0 Å². The van der Waals surface area contributed by atoms with Gasteiger partial charge in [0.25, 0.3) is 0 Å². The van der Waals surface area contributed by atoms with Gasteiger partial charge in [0, 0.05) is 6.04 Å². The van der Waals surface area contributed by atoms with Crippen LogP contribution in [-0.4, -0.2) is 20.1 Å². The second-order valence-electron chi connectivity index (χ2n) is 4.88. The zero-order valence-electron chi connectivity index (χ0n) is 10.5.